The average molecular weight is 257 g/mol. The third kappa shape index (κ3) is 1.93. The monoisotopic (exact) mass is 257 g/mol. The number of allylic oxidation sites excluding steroid dienone is 1. The average Bonchev–Trinajstić information content (AvgIpc) is 2.34. The zero-order valence-electron chi connectivity index (χ0n) is 10.9. The van der Waals surface area contributed by atoms with Gasteiger partial charge in [0.2, 0.25) is 0 Å². The molecule has 1 N–H and O–H groups in total. The molecule has 1 heterocycles. The summed E-state index contributed by atoms with van der Waals surface area (Å²) in [5, 5.41) is 12.4. The Morgan fingerprint density at radius 1 is 1.21 bits per heavy atom. The summed E-state index contributed by atoms with van der Waals surface area (Å²) < 4.78 is 5.90. The number of benzene rings is 1. The number of hydrogen-bond acceptors (Lipinski definition) is 4. The Kier molecular flexibility index (Phi) is 2.49. The molecule has 1 aromatic rings. The molecule has 1 aliphatic carbocycles. The second-order valence-corrected chi connectivity index (χ2v) is 5.47. The van der Waals surface area contributed by atoms with Crippen molar-refractivity contribution in [2.24, 2.45) is 5.16 Å². The molecule has 0 radical (unpaired) electrons. The van der Waals surface area contributed by atoms with Crippen molar-refractivity contribution in [1.82, 2.24) is 0 Å². The Morgan fingerprint density at radius 3 is 2.74 bits per heavy atom. The van der Waals surface area contributed by atoms with Gasteiger partial charge in [0, 0.05) is 18.4 Å². The fraction of sp³-hybridized carbons (Fsp3) is 0.333. The van der Waals surface area contributed by atoms with Crippen molar-refractivity contribution in [3.8, 4) is 5.75 Å². The van der Waals surface area contributed by atoms with Gasteiger partial charge in [0.15, 0.2) is 5.78 Å². The Balaban J connectivity index is 2.09. The molecule has 0 aromatic heterocycles. The van der Waals surface area contributed by atoms with Crippen LogP contribution in [0, 0.1) is 0 Å². The van der Waals surface area contributed by atoms with Crippen molar-refractivity contribution in [2.45, 2.75) is 32.3 Å². The molecule has 98 valence electrons. The highest BCUT2D eigenvalue weighted by Gasteiger charge is 2.34. The molecule has 0 unspecified atom stereocenters. The van der Waals surface area contributed by atoms with E-state index in [-0.39, 0.29) is 5.78 Å². The smallest absolute Gasteiger partial charge is 0.160 e. The van der Waals surface area contributed by atoms with Gasteiger partial charge in [-0.05, 0) is 43.2 Å². The first-order valence-electron chi connectivity index (χ1n) is 6.27. The van der Waals surface area contributed by atoms with E-state index in [4.69, 9.17) is 9.94 Å². The Labute approximate surface area is 111 Å². The van der Waals surface area contributed by atoms with Crippen LogP contribution in [0.2, 0.25) is 0 Å². The highest BCUT2D eigenvalue weighted by Crippen LogP contribution is 2.35. The van der Waals surface area contributed by atoms with Crippen LogP contribution in [0.5, 0.6) is 5.75 Å². The van der Waals surface area contributed by atoms with Crippen LogP contribution in [0.3, 0.4) is 0 Å². The number of hydrogen-bond donors (Lipinski definition) is 1. The summed E-state index contributed by atoms with van der Waals surface area (Å²) in [5.74, 6) is 0.888. The van der Waals surface area contributed by atoms with Crippen molar-refractivity contribution in [3.63, 3.8) is 0 Å². The first-order chi connectivity index (χ1) is 8.99. The largest absolute Gasteiger partial charge is 0.481 e. The molecule has 3 rings (SSSR count). The van der Waals surface area contributed by atoms with Gasteiger partial charge < -0.3 is 9.94 Å². The molecule has 1 aliphatic heterocycles. The lowest BCUT2D eigenvalue weighted by Crippen LogP contribution is -2.43. The number of oxime groups is 1. The first-order valence-corrected chi connectivity index (χ1v) is 6.27. The number of fused-ring (bicyclic) bond motifs is 2. The van der Waals surface area contributed by atoms with Crippen LogP contribution in [-0.2, 0) is 17.6 Å². The number of ketones is 1. The van der Waals surface area contributed by atoms with Crippen LogP contribution in [-0.4, -0.2) is 22.3 Å². The van der Waals surface area contributed by atoms with Gasteiger partial charge in [-0.25, -0.2) is 0 Å². The Bertz CT molecular complexity index is 627. The van der Waals surface area contributed by atoms with Crippen LogP contribution in [0.4, 0.5) is 0 Å². The Morgan fingerprint density at radius 2 is 2.00 bits per heavy atom. The normalized spacial score (nSPS) is 21.8. The van der Waals surface area contributed by atoms with Crippen LogP contribution >= 0.6 is 0 Å². The molecular weight excluding hydrogens is 242 g/mol. The summed E-state index contributed by atoms with van der Waals surface area (Å²) in [6.45, 7) is 3.74. The van der Waals surface area contributed by atoms with Crippen LogP contribution < -0.4 is 4.74 Å². The van der Waals surface area contributed by atoms with Crippen molar-refractivity contribution in [1.29, 1.82) is 0 Å². The summed E-state index contributed by atoms with van der Waals surface area (Å²) >= 11 is 0. The minimum Gasteiger partial charge on any atom is -0.481 e. The summed E-state index contributed by atoms with van der Waals surface area (Å²) in [6, 6.07) is 3.94. The second-order valence-electron chi connectivity index (χ2n) is 5.47. The van der Waals surface area contributed by atoms with Crippen molar-refractivity contribution < 1.29 is 14.7 Å². The molecule has 1 aromatic carbocycles. The van der Waals surface area contributed by atoms with E-state index < -0.39 is 5.60 Å². The van der Waals surface area contributed by atoms with Crippen molar-refractivity contribution >= 4 is 17.6 Å². The molecule has 4 nitrogen and oxygen atoms in total. The molecule has 0 amide bonds. The van der Waals surface area contributed by atoms with Crippen LogP contribution in [0.1, 0.15) is 30.5 Å². The maximum Gasteiger partial charge on any atom is 0.160 e. The van der Waals surface area contributed by atoms with Gasteiger partial charge >= 0.3 is 0 Å². The van der Waals surface area contributed by atoms with Crippen LogP contribution in [0.15, 0.2) is 23.4 Å². The highest BCUT2D eigenvalue weighted by molar-refractivity contribution is 5.99. The number of ether oxygens (including phenoxy) is 1. The maximum atomic E-state index is 11.4. The Hall–Kier alpha value is -2.10. The van der Waals surface area contributed by atoms with E-state index in [1.165, 1.54) is 0 Å². The van der Waals surface area contributed by atoms with E-state index in [2.05, 4.69) is 5.16 Å². The highest BCUT2D eigenvalue weighted by atomic mass is 16.5. The lowest BCUT2D eigenvalue weighted by atomic mass is 9.87. The van der Waals surface area contributed by atoms with Gasteiger partial charge in [-0.15, -0.1) is 0 Å². The molecule has 0 saturated carbocycles. The minimum atomic E-state index is -0.621. The van der Waals surface area contributed by atoms with Gasteiger partial charge in [0.25, 0.3) is 0 Å². The van der Waals surface area contributed by atoms with Gasteiger partial charge in [-0.3, -0.25) is 4.79 Å². The lowest BCUT2D eigenvalue weighted by Gasteiger charge is -2.34. The molecule has 0 atom stereocenters. The van der Waals surface area contributed by atoms with Gasteiger partial charge in [0.1, 0.15) is 17.1 Å². The van der Waals surface area contributed by atoms with E-state index in [1.54, 1.807) is 6.08 Å². The molecule has 19 heavy (non-hydrogen) atoms. The zero-order chi connectivity index (χ0) is 13.6. The number of nitrogens with zero attached hydrogens (tertiary/aromatic N) is 1. The summed E-state index contributed by atoms with van der Waals surface area (Å²) in [6.07, 6.45) is 4.41. The third-order valence-electron chi connectivity index (χ3n) is 3.67. The summed E-state index contributed by atoms with van der Waals surface area (Å²) in [7, 11) is 0. The molecular formula is C15H15NO3. The standard InChI is InChI=1S/C15H15NO3/c1-15(2)14(16-18)8-11-5-9-3-4-12(17)6-10(9)7-13(11)19-15/h3-5,7,18H,6,8H2,1-2H3/b16-14-. The zero-order valence-corrected chi connectivity index (χ0v) is 10.9. The maximum absolute atomic E-state index is 11.4. The van der Waals surface area contributed by atoms with Crippen molar-refractivity contribution in [3.05, 3.63) is 34.9 Å². The molecule has 0 fully saturated rings. The van der Waals surface area contributed by atoms with E-state index in [9.17, 15) is 4.79 Å². The first kappa shape index (κ1) is 12.0. The van der Waals surface area contributed by atoms with E-state index in [0.29, 0.717) is 18.6 Å². The third-order valence-corrected chi connectivity index (χ3v) is 3.67. The van der Waals surface area contributed by atoms with E-state index in [1.807, 2.05) is 32.1 Å². The summed E-state index contributed by atoms with van der Waals surface area (Å²) in [5.41, 5.74) is 3.01. The quantitative estimate of drug-likeness (QED) is 0.573. The molecule has 0 saturated heterocycles. The SMILES string of the molecule is CC1(C)Oc2cc3c(cc2C/C1=N/O)C=CC(=O)C3. The molecule has 2 aliphatic rings. The van der Waals surface area contributed by atoms with Crippen LogP contribution in [0.25, 0.3) is 6.08 Å². The van der Waals surface area contributed by atoms with E-state index >= 15 is 0 Å². The fourth-order valence-corrected chi connectivity index (χ4v) is 2.54. The van der Waals surface area contributed by atoms with Gasteiger partial charge in [-0.1, -0.05) is 11.2 Å². The summed E-state index contributed by atoms with van der Waals surface area (Å²) in [4.78, 5) is 11.4. The predicted molar refractivity (Wildman–Crippen MR) is 71.8 cm³/mol. The molecule has 4 heteroatoms. The predicted octanol–water partition coefficient (Wildman–Crippen LogP) is 2.37. The lowest BCUT2D eigenvalue weighted by molar-refractivity contribution is -0.114. The fourth-order valence-electron chi connectivity index (χ4n) is 2.54. The van der Waals surface area contributed by atoms with Gasteiger partial charge in [0.05, 0.1) is 0 Å². The minimum absolute atomic E-state index is 0.111. The number of carbonyl (C=O) groups excluding carboxylic acids is 1. The van der Waals surface area contributed by atoms with Crippen molar-refractivity contribution in [2.75, 3.05) is 0 Å². The number of carbonyl (C=O) groups is 1. The second kappa shape index (κ2) is 3.95. The molecule has 0 bridgehead atoms. The number of rotatable bonds is 0. The molecule has 0 spiro atoms. The van der Waals surface area contributed by atoms with E-state index in [0.717, 1.165) is 22.4 Å². The van der Waals surface area contributed by atoms with Gasteiger partial charge in [-0.2, -0.15) is 0 Å². The topological polar surface area (TPSA) is 58.9 Å².